The number of hydrogen-bond acceptors (Lipinski definition) is 5. The maximum absolute atomic E-state index is 12.0. The van der Waals surface area contributed by atoms with Gasteiger partial charge in [-0.2, -0.15) is 0 Å². The Hall–Kier alpha value is -0.750. The van der Waals surface area contributed by atoms with E-state index >= 15 is 0 Å². The lowest BCUT2D eigenvalue weighted by molar-refractivity contribution is 0.0869. The van der Waals surface area contributed by atoms with Crippen LogP contribution in [-0.2, 0) is 4.74 Å². The van der Waals surface area contributed by atoms with E-state index in [0.29, 0.717) is 5.75 Å². The van der Waals surface area contributed by atoms with Crippen molar-refractivity contribution in [1.29, 1.82) is 0 Å². The minimum Gasteiger partial charge on any atom is -0.446 e. The van der Waals surface area contributed by atoms with Crippen molar-refractivity contribution in [3.63, 3.8) is 0 Å². The highest BCUT2D eigenvalue weighted by molar-refractivity contribution is 8.13. The molecule has 0 aliphatic carbocycles. The van der Waals surface area contributed by atoms with Crippen LogP contribution in [0, 0.1) is 0 Å². The van der Waals surface area contributed by atoms with Crippen LogP contribution in [0.4, 0.5) is 9.59 Å². The number of nitrogens with zero attached hydrogens (tertiary/aromatic N) is 1. The van der Waals surface area contributed by atoms with Gasteiger partial charge in [0.25, 0.3) is 5.24 Å². The van der Waals surface area contributed by atoms with Crippen molar-refractivity contribution in [2.45, 2.75) is 90.6 Å². The minimum absolute atomic E-state index is 0.0738. The van der Waals surface area contributed by atoms with Crippen molar-refractivity contribution in [3.05, 3.63) is 0 Å². The Bertz CT molecular complexity index is 353. The Morgan fingerprint density at radius 3 is 2.00 bits per heavy atom. The normalized spacial score (nSPS) is 11.2. The summed E-state index contributed by atoms with van der Waals surface area (Å²) in [4.78, 5) is 25.9. The lowest BCUT2D eigenvalue weighted by Gasteiger charge is -2.18. The van der Waals surface area contributed by atoms with E-state index in [1.807, 2.05) is 14.1 Å². The first-order chi connectivity index (χ1) is 12.5. The molecule has 2 amide bonds. The number of amides is 2. The topological polar surface area (TPSA) is 58.6 Å². The molecule has 0 unspecified atom stereocenters. The van der Waals surface area contributed by atoms with E-state index in [2.05, 4.69) is 24.1 Å². The Kier molecular flexibility index (Phi) is 17.1. The fourth-order valence-corrected chi connectivity index (χ4v) is 3.32. The van der Waals surface area contributed by atoms with Crippen molar-refractivity contribution in [2.75, 3.05) is 26.4 Å². The molecule has 5 nitrogen and oxygen atoms in total. The van der Waals surface area contributed by atoms with Crippen LogP contribution in [0.2, 0.25) is 0 Å². The maximum Gasteiger partial charge on any atom is 0.414 e. The predicted molar refractivity (Wildman–Crippen MR) is 112 cm³/mol. The first-order valence-corrected chi connectivity index (χ1v) is 11.3. The highest BCUT2D eigenvalue weighted by Crippen LogP contribution is 2.16. The first kappa shape index (κ1) is 25.2. The fraction of sp³-hybridized carbons (Fsp3) is 0.900. The summed E-state index contributed by atoms with van der Waals surface area (Å²) in [6.07, 6.45) is 11.4. The summed E-state index contributed by atoms with van der Waals surface area (Å²) < 4.78 is 5.53. The van der Waals surface area contributed by atoms with Gasteiger partial charge in [0.15, 0.2) is 0 Å². The van der Waals surface area contributed by atoms with Crippen LogP contribution < -0.4 is 5.32 Å². The van der Waals surface area contributed by atoms with Crippen molar-refractivity contribution in [2.24, 2.45) is 0 Å². The number of imide groups is 1. The molecule has 0 aliphatic heterocycles. The number of unbranched alkanes of at least 4 members (excludes halogenated alkanes) is 6. The van der Waals surface area contributed by atoms with E-state index in [9.17, 15) is 9.59 Å². The van der Waals surface area contributed by atoms with Gasteiger partial charge in [-0.25, -0.2) is 4.79 Å². The summed E-state index contributed by atoms with van der Waals surface area (Å²) in [6.45, 7) is 5.31. The van der Waals surface area contributed by atoms with Crippen LogP contribution in [0.1, 0.15) is 84.5 Å². The summed E-state index contributed by atoms with van der Waals surface area (Å²) in [5.41, 5.74) is 0. The molecule has 0 rings (SSSR count). The van der Waals surface area contributed by atoms with E-state index in [1.54, 1.807) is 0 Å². The molecule has 0 atom stereocenters. The molecule has 0 aromatic rings. The molecule has 1 N–H and O–H groups in total. The molecule has 0 spiro atoms. The third-order valence-corrected chi connectivity index (χ3v) is 5.08. The van der Waals surface area contributed by atoms with E-state index in [0.717, 1.165) is 50.4 Å². The molecule has 0 aromatic carbocycles. The van der Waals surface area contributed by atoms with Gasteiger partial charge in [0.1, 0.15) is 6.10 Å². The van der Waals surface area contributed by atoms with Crippen LogP contribution in [0.15, 0.2) is 0 Å². The van der Waals surface area contributed by atoms with Gasteiger partial charge in [0, 0.05) is 5.75 Å². The number of carbonyl (C=O) groups is 2. The molecule has 0 saturated carbocycles. The van der Waals surface area contributed by atoms with Crippen LogP contribution >= 0.6 is 11.8 Å². The average Bonchev–Trinajstić information content (AvgIpc) is 2.58. The zero-order valence-corrected chi connectivity index (χ0v) is 18.2. The lowest BCUT2D eigenvalue weighted by atomic mass is 10.0. The van der Waals surface area contributed by atoms with Gasteiger partial charge in [0.2, 0.25) is 0 Å². The molecule has 6 heteroatoms. The monoisotopic (exact) mass is 388 g/mol. The smallest absolute Gasteiger partial charge is 0.414 e. The summed E-state index contributed by atoms with van der Waals surface area (Å²) in [5, 5.41) is 2.04. The summed E-state index contributed by atoms with van der Waals surface area (Å²) in [6, 6.07) is 0. The van der Waals surface area contributed by atoms with Gasteiger partial charge < -0.3 is 9.64 Å². The molecule has 0 aliphatic rings. The van der Waals surface area contributed by atoms with Gasteiger partial charge in [-0.3, -0.25) is 10.1 Å². The molecule has 0 saturated heterocycles. The Balaban J connectivity index is 4.12. The van der Waals surface area contributed by atoms with E-state index in [1.165, 1.54) is 38.5 Å². The van der Waals surface area contributed by atoms with E-state index < -0.39 is 6.09 Å². The van der Waals surface area contributed by atoms with Gasteiger partial charge >= 0.3 is 6.09 Å². The highest BCUT2D eigenvalue weighted by Gasteiger charge is 2.16. The van der Waals surface area contributed by atoms with Crippen LogP contribution in [0.3, 0.4) is 0 Å². The Labute approximate surface area is 165 Å². The number of carbonyl (C=O) groups excluding carboxylic acids is 2. The van der Waals surface area contributed by atoms with Crippen molar-refractivity contribution in [1.82, 2.24) is 10.2 Å². The first-order valence-electron chi connectivity index (χ1n) is 10.3. The zero-order chi connectivity index (χ0) is 19.6. The second kappa shape index (κ2) is 17.7. The average molecular weight is 389 g/mol. The number of ether oxygens (including phenoxy) is 1. The number of nitrogens with one attached hydrogen (secondary N) is 1. The van der Waals surface area contributed by atoms with Crippen molar-refractivity contribution >= 4 is 23.1 Å². The highest BCUT2D eigenvalue weighted by atomic mass is 32.2. The third kappa shape index (κ3) is 16.7. The molecule has 0 fully saturated rings. The minimum atomic E-state index is -0.592. The molecule has 0 heterocycles. The van der Waals surface area contributed by atoms with Crippen molar-refractivity contribution in [3.8, 4) is 0 Å². The summed E-state index contributed by atoms with van der Waals surface area (Å²) >= 11 is 1.15. The van der Waals surface area contributed by atoms with E-state index in [4.69, 9.17) is 4.74 Å². The van der Waals surface area contributed by atoms with Gasteiger partial charge in [-0.05, 0) is 52.7 Å². The van der Waals surface area contributed by atoms with E-state index in [-0.39, 0.29) is 11.3 Å². The van der Waals surface area contributed by atoms with Crippen LogP contribution in [0.25, 0.3) is 0 Å². The van der Waals surface area contributed by atoms with Crippen LogP contribution in [-0.4, -0.2) is 48.7 Å². The van der Waals surface area contributed by atoms with Gasteiger partial charge in [0.05, 0.1) is 0 Å². The summed E-state index contributed by atoms with van der Waals surface area (Å²) in [7, 11) is 4.01. The second-order valence-corrected chi connectivity index (χ2v) is 8.21. The standard InChI is InChI=1S/C20H40N2O3S/c1-5-7-9-11-14-18(15-12-10-8-6-2)25-19(23)21-20(24)26-17-13-16-22(3)4/h18H,5-17H2,1-4H3,(H,21,23,24). The summed E-state index contributed by atoms with van der Waals surface area (Å²) in [5.74, 6) is 0.703. The van der Waals surface area contributed by atoms with Crippen LogP contribution in [0.5, 0.6) is 0 Å². The molecule has 26 heavy (non-hydrogen) atoms. The molecule has 0 aromatic heterocycles. The number of alkyl carbamates (subject to hydrolysis) is 1. The predicted octanol–water partition coefficient (Wildman–Crippen LogP) is 5.83. The lowest BCUT2D eigenvalue weighted by Crippen LogP contribution is -2.32. The largest absolute Gasteiger partial charge is 0.446 e. The number of hydrogen-bond donors (Lipinski definition) is 1. The molecular weight excluding hydrogens is 348 g/mol. The van der Waals surface area contributed by atoms with Crippen molar-refractivity contribution < 1.29 is 14.3 Å². The molecule has 154 valence electrons. The zero-order valence-electron chi connectivity index (χ0n) is 17.3. The third-order valence-electron chi connectivity index (χ3n) is 4.22. The molecule has 0 bridgehead atoms. The maximum atomic E-state index is 12.0. The Morgan fingerprint density at radius 1 is 0.923 bits per heavy atom. The fourth-order valence-electron chi connectivity index (χ4n) is 2.71. The molecule has 0 radical (unpaired) electrons. The van der Waals surface area contributed by atoms with Gasteiger partial charge in [-0.1, -0.05) is 64.1 Å². The van der Waals surface area contributed by atoms with Gasteiger partial charge in [-0.15, -0.1) is 0 Å². The SMILES string of the molecule is CCCCCCC(CCCCCC)OC(=O)NC(=O)SCCCN(C)C. The number of rotatable bonds is 15. The Morgan fingerprint density at radius 2 is 1.50 bits per heavy atom. The second-order valence-electron chi connectivity index (χ2n) is 7.14. The quantitative estimate of drug-likeness (QED) is 0.358. The molecular formula is C20H40N2O3S. The number of thioether (sulfide) groups is 1.